The molecule has 0 aliphatic heterocycles. The number of carbonyl (C=O) groups excluding carboxylic acids is 2. The minimum Gasteiger partial charge on any atom is -0.493 e. The van der Waals surface area contributed by atoms with Crippen LogP contribution in [0.3, 0.4) is 0 Å². The minimum atomic E-state index is -0.403. The number of anilines is 1. The van der Waals surface area contributed by atoms with Crippen LogP contribution in [0.15, 0.2) is 24.3 Å². The zero-order valence-corrected chi connectivity index (χ0v) is 10.9. The maximum absolute atomic E-state index is 11.6. The summed E-state index contributed by atoms with van der Waals surface area (Å²) >= 11 is 0. The molecule has 0 heterocycles. The summed E-state index contributed by atoms with van der Waals surface area (Å²) in [5.41, 5.74) is 11.1. The van der Waals surface area contributed by atoms with E-state index in [2.05, 4.69) is 5.32 Å². The van der Waals surface area contributed by atoms with E-state index < -0.39 is 5.91 Å². The highest BCUT2D eigenvalue weighted by molar-refractivity contribution is 5.92. The van der Waals surface area contributed by atoms with E-state index in [-0.39, 0.29) is 24.9 Å². The zero-order chi connectivity index (χ0) is 14.3. The molecule has 6 heteroatoms. The number of primary amides is 1. The number of nitrogens with one attached hydrogen (secondary N) is 1. The van der Waals surface area contributed by atoms with Gasteiger partial charge in [0.2, 0.25) is 11.8 Å². The SMILES string of the molecule is CC(CN)C(=O)Nc1ccc(OCCC(N)=O)cc1. The van der Waals surface area contributed by atoms with Crippen LogP contribution in [0.5, 0.6) is 5.75 Å². The van der Waals surface area contributed by atoms with Crippen molar-refractivity contribution in [3.05, 3.63) is 24.3 Å². The van der Waals surface area contributed by atoms with Crippen LogP contribution in [-0.4, -0.2) is 25.0 Å². The second-order valence-electron chi connectivity index (χ2n) is 4.22. The van der Waals surface area contributed by atoms with Crippen LogP contribution in [0.2, 0.25) is 0 Å². The fourth-order valence-electron chi connectivity index (χ4n) is 1.28. The maximum atomic E-state index is 11.6. The molecule has 1 aromatic carbocycles. The first-order valence-electron chi connectivity index (χ1n) is 6.05. The second kappa shape index (κ2) is 7.38. The van der Waals surface area contributed by atoms with Crippen LogP contribution in [-0.2, 0) is 9.59 Å². The van der Waals surface area contributed by atoms with Crippen LogP contribution in [0.25, 0.3) is 0 Å². The first-order chi connectivity index (χ1) is 9.02. The molecule has 5 N–H and O–H groups in total. The van der Waals surface area contributed by atoms with Crippen LogP contribution in [0.1, 0.15) is 13.3 Å². The van der Waals surface area contributed by atoms with Crippen LogP contribution in [0, 0.1) is 5.92 Å². The highest BCUT2D eigenvalue weighted by Gasteiger charge is 2.10. The van der Waals surface area contributed by atoms with Crippen molar-refractivity contribution in [3.8, 4) is 5.75 Å². The number of hydrogen-bond donors (Lipinski definition) is 3. The van der Waals surface area contributed by atoms with Gasteiger partial charge in [-0.3, -0.25) is 9.59 Å². The molecular weight excluding hydrogens is 246 g/mol. The smallest absolute Gasteiger partial charge is 0.228 e. The average molecular weight is 265 g/mol. The topological polar surface area (TPSA) is 107 Å². The molecule has 0 aromatic heterocycles. The Labute approximate surface area is 112 Å². The Bertz CT molecular complexity index is 431. The predicted octanol–water partition coefficient (Wildman–Crippen LogP) is 0.474. The first kappa shape index (κ1) is 15.0. The van der Waals surface area contributed by atoms with E-state index >= 15 is 0 Å². The fraction of sp³-hybridized carbons (Fsp3) is 0.385. The summed E-state index contributed by atoms with van der Waals surface area (Å²) < 4.78 is 5.31. The third-order valence-electron chi connectivity index (χ3n) is 2.54. The maximum Gasteiger partial charge on any atom is 0.228 e. The Morgan fingerprint density at radius 3 is 2.47 bits per heavy atom. The Hall–Kier alpha value is -2.08. The lowest BCUT2D eigenvalue weighted by molar-refractivity contribution is -0.119. The molecule has 2 amide bonds. The van der Waals surface area contributed by atoms with Crippen molar-refractivity contribution in [2.24, 2.45) is 17.4 Å². The van der Waals surface area contributed by atoms with Crippen molar-refractivity contribution in [1.82, 2.24) is 0 Å². The normalized spacial score (nSPS) is 11.7. The highest BCUT2D eigenvalue weighted by atomic mass is 16.5. The first-order valence-corrected chi connectivity index (χ1v) is 6.05. The number of hydrogen-bond acceptors (Lipinski definition) is 4. The summed E-state index contributed by atoms with van der Waals surface area (Å²) in [5.74, 6) is -0.137. The Balaban J connectivity index is 2.47. The average Bonchev–Trinajstić information content (AvgIpc) is 2.39. The van der Waals surface area contributed by atoms with Gasteiger partial charge in [0.05, 0.1) is 13.0 Å². The van der Waals surface area contributed by atoms with Gasteiger partial charge in [-0.05, 0) is 24.3 Å². The largest absolute Gasteiger partial charge is 0.493 e. The van der Waals surface area contributed by atoms with Crippen molar-refractivity contribution >= 4 is 17.5 Å². The number of nitrogens with two attached hydrogens (primary N) is 2. The van der Waals surface area contributed by atoms with Gasteiger partial charge in [0, 0.05) is 18.2 Å². The van der Waals surface area contributed by atoms with Gasteiger partial charge in [-0.25, -0.2) is 0 Å². The monoisotopic (exact) mass is 265 g/mol. The molecule has 0 aliphatic carbocycles. The van der Waals surface area contributed by atoms with E-state index in [1.54, 1.807) is 31.2 Å². The molecule has 1 unspecified atom stereocenters. The van der Waals surface area contributed by atoms with Gasteiger partial charge < -0.3 is 21.5 Å². The van der Waals surface area contributed by atoms with Gasteiger partial charge in [-0.1, -0.05) is 6.92 Å². The van der Waals surface area contributed by atoms with Crippen molar-refractivity contribution < 1.29 is 14.3 Å². The fourth-order valence-corrected chi connectivity index (χ4v) is 1.28. The molecule has 0 spiro atoms. The molecule has 0 fully saturated rings. The van der Waals surface area contributed by atoms with E-state index in [4.69, 9.17) is 16.2 Å². The highest BCUT2D eigenvalue weighted by Crippen LogP contribution is 2.16. The molecule has 0 radical (unpaired) electrons. The van der Waals surface area contributed by atoms with Crippen LogP contribution >= 0.6 is 0 Å². The number of amides is 2. The summed E-state index contributed by atoms with van der Waals surface area (Å²) in [5, 5.41) is 2.75. The Morgan fingerprint density at radius 2 is 1.95 bits per heavy atom. The van der Waals surface area contributed by atoms with Gasteiger partial charge in [0.1, 0.15) is 5.75 Å². The predicted molar refractivity (Wildman–Crippen MR) is 72.6 cm³/mol. The molecule has 0 saturated heterocycles. The molecular formula is C13H19N3O3. The summed E-state index contributed by atoms with van der Waals surface area (Å²) in [6, 6.07) is 6.87. The molecule has 6 nitrogen and oxygen atoms in total. The summed E-state index contributed by atoms with van der Waals surface area (Å²) in [7, 11) is 0. The Morgan fingerprint density at radius 1 is 1.32 bits per heavy atom. The van der Waals surface area contributed by atoms with Gasteiger partial charge >= 0.3 is 0 Å². The van der Waals surface area contributed by atoms with Crippen molar-refractivity contribution in [1.29, 1.82) is 0 Å². The van der Waals surface area contributed by atoms with E-state index in [0.717, 1.165) is 0 Å². The summed E-state index contributed by atoms with van der Waals surface area (Å²) in [4.78, 5) is 22.1. The summed E-state index contributed by atoms with van der Waals surface area (Å²) in [6.07, 6.45) is 0.173. The van der Waals surface area contributed by atoms with Crippen LogP contribution in [0.4, 0.5) is 5.69 Å². The number of carbonyl (C=O) groups is 2. The van der Waals surface area contributed by atoms with Crippen LogP contribution < -0.4 is 21.5 Å². The second-order valence-corrected chi connectivity index (χ2v) is 4.22. The minimum absolute atomic E-state index is 0.120. The Kier molecular flexibility index (Phi) is 5.81. The van der Waals surface area contributed by atoms with Crippen molar-refractivity contribution in [2.75, 3.05) is 18.5 Å². The lowest BCUT2D eigenvalue weighted by atomic mass is 10.1. The molecule has 104 valence electrons. The lowest BCUT2D eigenvalue weighted by Crippen LogP contribution is -2.26. The van der Waals surface area contributed by atoms with Gasteiger partial charge in [0.15, 0.2) is 0 Å². The lowest BCUT2D eigenvalue weighted by Gasteiger charge is -2.10. The van der Waals surface area contributed by atoms with Gasteiger partial charge in [-0.2, -0.15) is 0 Å². The van der Waals surface area contributed by atoms with E-state index in [1.807, 2.05) is 0 Å². The standard InChI is InChI=1S/C13H19N3O3/c1-9(8-14)13(18)16-10-2-4-11(5-3-10)19-7-6-12(15)17/h2-5,9H,6-8,14H2,1H3,(H2,15,17)(H,16,18). The summed E-state index contributed by atoms with van der Waals surface area (Å²) in [6.45, 7) is 2.31. The molecule has 1 aromatic rings. The molecule has 0 saturated carbocycles. The zero-order valence-electron chi connectivity index (χ0n) is 10.9. The molecule has 0 bridgehead atoms. The number of rotatable bonds is 7. The van der Waals surface area contributed by atoms with Crippen molar-refractivity contribution in [2.45, 2.75) is 13.3 Å². The van der Waals surface area contributed by atoms with Gasteiger partial charge in [0.25, 0.3) is 0 Å². The third kappa shape index (κ3) is 5.39. The van der Waals surface area contributed by atoms with E-state index in [0.29, 0.717) is 18.0 Å². The molecule has 0 aliphatic rings. The third-order valence-corrected chi connectivity index (χ3v) is 2.54. The number of benzene rings is 1. The number of ether oxygens (including phenoxy) is 1. The quantitative estimate of drug-likeness (QED) is 0.666. The molecule has 19 heavy (non-hydrogen) atoms. The van der Waals surface area contributed by atoms with Crippen molar-refractivity contribution in [3.63, 3.8) is 0 Å². The van der Waals surface area contributed by atoms with E-state index in [1.165, 1.54) is 0 Å². The molecule has 1 rings (SSSR count). The van der Waals surface area contributed by atoms with E-state index in [9.17, 15) is 9.59 Å². The molecule has 1 atom stereocenters. The van der Waals surface area contributed by atoms with Gasteiger partial charge in [-0.15, -0.1) is 0 Å².